The first-order valence-electron chi connectivity index (χ1n) is 5.25. The van der Waals surface area contributed by atoms with Gasteiger partial charge in [-0.25, -0.2) is 8.42 Å². The summed E-state index contributed by atoms with van der Waals surface area (Å²) in [5, 5.41) is 0. The Balaban J connectivity index is 2.33. The lowest BCUT2D eigenvalue weighted by molar-refractivity contribution is 0.610. The third-order valence-electron chi connectivity index (χ3n) is 2.35. The molecule has 0 aliphatic rings. The molecule has 0 aromatic heterocycles. The second-order valence-electron chi connectivity index (χ2n) is 3.78. The number of hydrogen-bond donors (Lipinski definition) is 0. The normalized spacial score (nSPS) is 11.4. The Morgan fingerprint density at radius 3 is 2.22 bits per heavy atom. The van der Waals surface area contributed by atoms with Crippen LogP contribution in [0.2, 0.25) is 0 Å². The van der Waals surface area contributed by atoms with E-state index in [0.29, 0.717) is 9.79 Å². The van der Waals surface area contributed by atoms with Crippen molar-refractivity contribution in [3.8, 4) is 0 Å². The zero-order valence-corrected chi connectivity index (χ0v) is 12.8. The van der Waals surface area contributed by atoms with Crippen LogP contribution in [0.15, 0.2) is 62.8 Å². The third kappa shape index (κ3) is 3.16. The van der Waals surface area contributed by atoms with E-state index in [1.165, 1.54) is 0 Å². The first-order valence-corrected chi connectivity index (χ1v) is 8.86. The van der Waals surface area contributed by atoms with Crippen LogP contribution in [0.5, 0.6) is 0 Å². The van der Waals surface area contributed by atoms with Crippen molar-refractivity contribution >= 4 is 35.6 Å². The lowest BCUT2D eigenvalue weighted by atomic mass is 10.2. The average molecular weight is 343 g/mol. The van der Waals surface area contributed by atoms with Crippen molar-refractivity contribution in [2.24, 2.45) is 0 Å². The van der Waals surface area contributed by atoms with Crippen molar-refractivity contribution < 1.29 is 8.42 Å². The standard InChI is InChI=1S/C13H11BrO2S2/c1-10-6-8-11(9-7-10)18(15,16)17-13-5-3-2-4-12(13)14/h2-9H,1H3. The van der Waals surface area contributed by atoms with Crippen LogP contribution in [-0.2, 0) is 8.87 Å². The number of benzene rings is 2. The van der Waals surface area contributed by atoms with Gasteiger partial charge in [0.05, 0.1) is 4.90 Å². The maximum absolute atomic E-state index is 12.2. The van der Waals surface area contributed by atoms with E-state index in [0.717, 1.165) is 20.8 Å². The molecule has 0 saturated carbocycles. The van der Waals surface area contributed by atoms with Crippen LogP contribution in [-0.4, -0.2) is 8.42 Å². The van der Waals surface area contributed by atoms with Gasteiger partial charge in [0.2, 0.25) is 8.87 Å². The number of aryl methyl sites for hydroxylation is 1. The summed E-state index contributed by atoms with van der Waals surface area (Å²) in [5.41, 5.74) is 1.04. The highest BCUT2D eigenvalue weighted by Gasteiger charge is 2.17. The highest BCUT2D eigenvalue weighted by molar-refractivity contribution is 9.10. The first-order chi connectivity index (χ1) is 8.49. The highest BCUT2D eigenvalue weighted by Crippen LogP contribution is 2.35. The molecule has 94 valence electrons. The smallest absolute Gasteiger partial charge is 0.212 e. The summed E-state index contributed by atoms with van der Waals surface area (Å²) in [5.74, 6) is 0. The van der Waals surface area contributed by atoms with Crippen LogP contribution in [0.25, 0.3) is 0 Å². The summed E-state index contributed by atoms with van der Waals surface area (Å²) in [6, 6.07) is 14.1. The van der Waals surface area contributed by atoms with Crippen molar-refractivity contribution in [2.75, 3.05) is 0 Å². The number of rotatable bonds is 3. The Bertz CT molecular complexity index is 649. The molecule has 0 spiro atoms. The van der Waals surface area contributed by atoms with Crippen molar-refractivity contribution in [1.29, 1.82) is 0 Å². The third-order valence-corrected chi connectivity index (χ3v) is 6.68. The monoisotopic (exact) mass is 342 g/mol. The molecule has 0 aliphatic heterocycles. The van der Waals surface area contributed by atoms with Crippen LogP contribution in [0, 0.1) is 6.92 Å². The molecule has 0 heterocycles. The summed E-state index contributed by atoms with van der Waals surface area (Å²) >= 11 is 3.35. The van der Waals surface area contributed by atoms with E-state index >= 15 is 0 Å². The Morgan fingerprint density at radius 1 is 1.00 bits per heavy atom. The van der Waals surface area contributed by atoms with Gasteiger partial charge in [-0.2, -0.15) is 0 Å². The summed E-state index contributed by atoms with van der Waals surface area (Å²) < 4.78 is 25.2. The van der Waals surface area contributed by atoms with Gasteiger partial charge in [0.1, 0.15) is 0 Å². The average Bonchev–Trinajstić information content (AvgIpc) is 2.32. The van der Waals surface area contributed by atoms with Gasteiger partial charge >= 0.3 is 0 Å². The van der Waals surface area contributed by atoms with Crippen molar-refractivity contribution in [2.45, 2.75) is 16.7 Å². The van der Waals surface area contributed by atoms with Gasteiger partial charge in [-0.1, -0.05) is 29.8 Å². The van der Waals surface area contributed by atoms with E-state index in [4.69, 9.17) is 0 Å². The minimum absolute atomic E-state index is 0.328. The predicted octanol–water partition coefficient (Wildman–Crippen LogP) is 4.24. The molecule has 5 heteroatoms. The van der Waals surface area contributed by atoms with Crippen molar-refractivity contribution in [3.05, 3.63) is 58.6 Å². The lowest BCUT2D eigenvalue weighted by Gasteiger charge is -2.05. The largest absolute Gasteiger partial charge is 0.234 e. The van der Waals surface area contributed by atoms with E-state index < -0.39 is 8.87 Å². The molecule has 0 saturated heterocycles. The molecule has 0 atom stereocenters. The summed E-state index contributed by atoms with van der Waals surface area (Å²) in [6.45, 7) is 1.93. The maximum Gasteiger partial charge on any atom is 0.234 e. The molecule has 0 amide bonds. The molecule has 2 aromatic rings. The van der Waals surface area contributed by atoms with E-state index in [9.17, 15) is 8.42 Å². The predicted molar refractivity (Wildman–Crippen MR) is 78.4 cm³/mol. The Hall–Kier alpha value is -0.780. The zero-order valence-electron chi connectivity index (χ0n) is 9.63. The summed E-state index contributed by atoms with van der Waals surface area (Å²) in [4.78, 5) is 1.02. The number of halogens is 1. The lowest BCUT2D eigenvalue weighted by Crippen LogP contribution is -1.95. The number of hydrogen-bond acceptors (Lipinski definition) is 3. The minimum Gasteiger partial charge on any atom is -0.212 e. The van der Waals surface area contributed by atoms with Crippen molar-refractivity contribution in [1.82, 2.24) is 0 Å². The molecule has 0 radical (unpaired) electrons. The molecular formula is C13H11BrO2S2. The maximum atomic E-state index is 12.2. The molecule has 0 bridgehead atoms. The van der Waals surface area contributed by atoms with Gasteiger partial charge in [0, 0.05) is 20.2 Å². The molecule has 2 nitrogen and oxygen atoms in total. The van der Waals surface area contributed by atoms with Gasteiger partial charge in [-0.15, -0.1) is 0 Å². The molecule has 2 rings (SSSR count). The SMILES string of the molecule is Cc1ccc(S(=O)(=O)Sc2ccccc2Br)cc1. The topological polar surface area (TPSA) is 34.1 Å². The molecule has 0 unspecified atom stereocenters. The van der Waals surface area contributed by atoms with E-state index in [1.54, 1.807) is 30.3 Å². The van der Waals surface area contributed by atoms with E-state index in [1.807, 2.05) is 25.1 Å². The van der Waals surface area contributed by atoms with Crippen molar-refractivity contribution in [3.63, 3.8) is 0 Å². The van der Waals surface area contributed by atoms with Gasteiger partial charge in [0.25, 0.3) is 0 Å². The fourth-order valence-corrected chi connectivity index (χ4v) is 5.08. The quantitative estimate of drug-likeness (QED) is 0.782. The van der Waals surface area contributed by atoms with Gasteiger partial charge in [-0.05, 0) is 47.1 Å². The van der Waals surface area contributed by atoms with Crippen LogP contribution in [0.3, 0.4) is 0 Å². The molecule has 0 fully saturated rings. The van der Waals surface area contributed by atoms with Crippen LogP contribution in [0.1, 0.15) is 5.56 Å². The molecular weight excluding hydrogens is 332 g/mol. The fraction of sp³-hybridized carbons (Fsp3) is 0.0769. The molecule has 0 aliphatic carbocycles. The second-order valence-corrected chi connectivity index (χ2v) is 8.44. The first kappa shape index (κ1) is 13.6. The summed E-state index contributed by atoms with van der Waals surface area (Å²) in [6.07, 6.45) is 0. The van der Waals surface area contributed by atoms with Gasteiger partial charge in [-0.3, -0.25) is 0 Å². The highest BCUT2D eigenvalue weighted by atomic mass is 79.9. The van der Waals surface area contributed by atoms with Crippen LogP contribution >= 0.6 is 26.7 Å². The molecule has 18 heavy (non-hydrogen) atoms. The van der Waals surface area contributed by atoms with E-state index in [-0.39, 0.29) is 0 Å². The van der Waals surface area contributed by atoms with E-state index in [2.05, 4.69) is 15.9 Å². The summed E-state index contributed by atoms with van der Waals surface area (Å²) in [7, 11) is -2.51. The molecule has 2 aromatic carbocycles. The Labute approximate surface area is 119 Å². The van der Waals surface area contributed by atoms with Crippen LogP contribution in [0.4, 0.5) is 0 Å². The molecule has 0 N–H and O–H groups in total. The van der Waals surface area contributed by atoms with Gasteiger partial charge < -0.3 is 0 Å². The Morgan fingerprint density at radius 2 is 1.61 bits per heavy atom. The zero-order chi connectivity index (χ0) is 13.2. The van der Waals surface area contributed by atoms with Crippen LogP contribution < -0.4 is 0 Å². The Kier molecular flexibility index (Phi) is 4.14. The fourth-order valence-electron chi connectivity index (χ4n) is 1.38. The van der Waals surface area contributed by atoms with Gasteiger partial charge in [0.15, 0.2) is 0 Å². The minimum atomic E-state index is -3.37. The second kappa shape index (κ2) is 5.47.